The molecule has 0 saturated heterocycles. The zero-order valence-corrected chi connectivity index (χ0v) is 12.7. The van der Waals surface area contributed by atoms with Gasteiger partial charge in [0.25, 0.3) is 0 Å². The van der Waals surface area contributed by atoms with E-state index in [2.05, 4.69) is 61.1 Å². The van der Waals surface area contributed by atoms with Crippen LogP contribution in [-0.2, 0) is 0 Å². The monoisotopic (exact) mass is 299 g/mol. The van der Waals surface area contributed by atoms with Crippen molar-refractivity contribution in [3.8, 4) is 5.75 Å². The van der Waals surface area contributed by atoms with Gasteiger partial charge in [-0.1, -0.05) is 22.9 Å². The Kier molecular flexibility index (Phi) is 6.00. The van der Waals surface area contributed by atoms with Crippen molar-refractivity contribution < 1.29 is 4.74 Å². The van der Waals surface area contributed by atoms with Gasteiger partial charge in [0.05, 0.1) is 0 Å². The Labute approximate surface area is 113 Å². The van der Waals surface area contributed by atoms with E-state index in [4.69, 9.17) is 4.74 Å². The summed E-state index contributed by atoms with van der Waals surface area (Å²) in [7, 11) is 0. The number of halogens is 1. The number of hydrogen-bond donors (Lipinski definition) is 1. The highest BCUT2D eigenvalue weighted by molar-refractivity contribution is 9.10. The molecule has 1 aromatic rings. The maximum Gasteiger partial charge on any atom is 0.120 e. The van der Waals surface area contributed by atoms with Crippen molar-refractivity contribution in [2.45, 2.75) is 40.2 Å². The first-order valence-electron chi connectivity index (χ1n) is 6.18. The molecular formula is C14H22BrNO. The van der Waals surface area contributed by atoms with E-state index in [0.29, 0.717) is 0 Å². The highest BCUT2D eigenvalue weighted by atomic mass is 79.9. The van der Waals surface area contributed by atoms with E-state index in [0.717, 1.165) is 25.3 Å². The summed E-state index contributed by atoms with van der Waals surface area (Å²) in [6.07, 6.45) is 1.35. The van der Waals surface area contributed by atoms with Gasteiger partial charge in [-0.25, -0.2) is 0 Å². The van der Waals surface area contributed by atoms with Crippen molar-refractivity contribution in [2.75, 3.05) is 13.1 Å². The van der Waals surface area contributed by atoms with Crippen LogP contribution in [0.3, 0.4) is 0 Å². The highest BCUT2D eigenvalue weighted by Crippen LogP contribution is 2.26. The lowest BCUT2D eigenvalue weighted by Gasteiger charge is -2.17. The van der Waals surface area contributed by atoms with Gasteiger partial charge in [-0.05, 0) is 57.0 Å². The van der Waals surface area contributed by atoms with Crippen LogP contribution in [0.25, 0.3) is 0 Å². The minimum atomic E-state index is 0.196. The molecule has 0 radical (unpaired) electrons. The zero-order chi connectivity index (χ0) is 12.8. The third-order valence-corrected chi connectivity index (χ3v) is 3.86. The SMILES string of the molecule is CCCNCC(C)Oc1cc(C)c(Br)c(C)c1. The van der Waals surface area contributed by atoms with Crippen LogP contribution < -0.4 is 10.1 Å². The van der Waals surface area contributed by atoms with E-state index in [1.54, 1.807) is 0 Å². The van der Waals surface area contributed by atoms with Gasteiger partial charge < -0.3 is 10.1 Å². The summed E-state index contributed by atoms with van der Waals surface area (Å²) in [6, 6.07) is 4.15. The molecular weight excluding hydrogens is 278 g/mol. The van der Waals surface area contributed by atoms with Crippen LogP contribution in [0.1, 0.15) is 31.4 Å². The second-order valence-electron chi connectivity index (χ2n) is 4.50. The normalized spacial score (nSPS) is 12.5. The topological polar surface area (TPSA) is 21.3 Å². The number of rotatable bonds is 6. The van der Waals surface area contributed by atoms with Crippen molar-refractivity contribution in [3.63, 3.8) is 0 Å². The Bertz CT molecular complexity index is 342. The molecule has 0 fully saturated rings. The summed E-state index contributed by atoms with van der Waals surface area (Å²) in [5.74, 6) is 0.953. The summed E-state index contributed by atoms with van der Waals surface area (Å²) in [5.41, 5.74) is 2.43. The third-order valence-electron chi connectivity index (χ3n) is 2.61. The number of hydrogen-bond acceptors (Lipinski definition) is 2. The van der Waals surface area contributed by atoms with Gasteiger partial charge in [0, 0.05) is 11.0 Å². The first kappa shape index (κ1) is 14.5. The molecule has 1 rings (SSSR count). The van der Waals surface area contributed by atoms with Gasteiger partial charge in [0.2, 0.25) is 0 Å². The van der Waals surface area contributed by atoms with E-state index >= 15 is 0 Å². The van der Waals surface area contributed by atoms with Crippen LogP contribution in [-0.4, -0.2) is 19.2 Å². The molecule has 96 valence electrons. The molecule has 0 bridgehead atoms. The Morgan fingerprint density at radius 2 is 1.88 bits per heavy atom. The summed E-state index contributed by atoms with van der Waals surface area (Å²) < 4.78 is 7.06. The molecule has 2 nitrogen and oxygen atoms in total. The average molecular weight is 300 g/mol. The van der Waals surface area contributed by atoms with Crippen LogP contribution in [0.5, 0.6) is 5.75 Å². The third kappa shape index (κ3) is 4.68. The highest BCUT2D eigenvalue weighted by Gasteiger charge is 2.07. The predicted molar refractivity (Wildman–Crippen MR) is 76.9 cm³/mol. The lowest BCUT2D eigenvalue weighted by Crippen LogP contribution is -2.29. The molecule has 1 aromatic carbocycles. The molecule has 0 aliphatic carbocycles. The molecule has 0 saturated carbocycles. The van der Waals surface area contributed by atoms with Crippen molar-refractivity contribution in [3.05, 3.63) is 27.7 Å². The molecule has 1 N–H and O–H groups in total. The van der Waals surface area contributed by atoms with Gasteiger partial charge in [-0.3, -0.25) is 0 Å². The fraction of sp³-hybridized carbons (Fsp3) is 0.571. The molecule has 0 aromatic heterocycles. The molecule has 17 heavy (non-hydrogen) atoms. The molecule has 0 amide bonds. The molecule has 0 spiro atoms. The van der Waals surface area contributed by atoms with Crippen molar-refractivity contribution in [1.29, 1.82) is 0 Å². The standard InChI is InChI=1S/C14H22BrNO/c1-5-6-16-9-12(4)17-13-7-10(2)14(15)11(3)8-13/h7-8,12,16H,5-6,9H2,1-4H3. The zero-order valence-electron chi connectivity index (χ0n) is 11.1. The van der Waals surface area contributed by atoms with E-state index in [-0.39, 0.29) is 6.10 Å². The van der Waals surface area contributed by atoms with Crippen LogP contribution >= 0.6 is 15.9 Å². The van der Waals surface area contributed by atoms with Crippen molar-refractivity contribution in [1.82, 2.24) is 5.32 Å². The van der Waals surface area contributed by atoms with Gasteiger partial charge in [0.15, 0.2) is 0 Å². The second-order valence-corrected chi connectivity index (χ2v) is 5.30. The number of aryl methyl sites for hydroxylation is 2. The first-order chi connectivity index (χ1) is 8.04. The lowest BCUT2D eigenvalue weighted by molar-refractivity contribution is 0.217. The van der Waals surface area contributed by atoms with E-state index in [1.165, 1.54) is 15.6 Å². The van der Waals surface area contributed by atoms with Crippen molar-refractivity contribution in [2.24, 2.45) is 0 Å². The summed E-state index contributed by atoms with van der Waals surface area (Å²) >= 11 is 3.56. The Balaban J connectivity index is 2.56. The average Bonchev–Trinajstić information content (AvgIpc) is 2.26. The van der Waals surface area contributed by atoms with Crippen LogP contribution in [0.2, 0.25) is 0 Å². The van der Waals surface area contributed by atoms with E-state index in [9.17, 15) is 0 Å². The van der Waals surface area contributed by atoms with Gasteiger partial charge in [0.1, 0.15) is 11.9 Å². The summed E-state index contributed by atoms with van der Waals surface area (Å²) in [5, 5.41) is 3.36. The maximum atomic E-state index is 5.89. The fourth-order valence-corrected chi connectivity index (χ4v) is 1.96. The maximum absolute atomic E-state index is 5.89. The van der Waals surface area contributed by atoms with E-state index in [1.807, 2.05) is 0 Å². The minimum Gasteiger partial charge on any atom is -0.489 e. The van der Waals surface area contributed by atoms with Crippen molar-refractivity contribution >= 4 is 15.9 Å². The summed E-state index contributed by atoms with van der Waals surface area (Å²) in [6.45, 7) is 10.4. The largest absolute Gasteiger partial charge is 0.489 e. The smallest absolute Gasteiger partial charge is 0.120 e. The minimum absolute atomic E-state index is 0.196. The predicted octanol–water partition coefficient (Wildman–Crippen LogP) is 3.83. The van der Waals surface area contributed by atoms with Crippen LogP contribution in [0, 0.1) is 13.8 Å². The second kappa shape index (κ2) is 7.02. The molecule has 0 aliphatic rings. The lowest BCUT2D eigenvalue weighted by atomic mass is 10.1. The number of ether oxygens (including phenoxy) is 1. The van der Waals surface area contributed by atoms with Crippen LogP contribution in [0.15, 0.2) is 16.6 Å². The molecule has 0 heterocycles. The molecule has 3 heteroatoms. The van der Waals surface area contributed by atoms with Gasteiger partial charge in [-0.2, -0.15) is 0 Å². The number of nitrogens with one attached hydrogen (secondary N) is 1. The number of benzene rings is 1. The van der Waals surface area contributed by atoms with Crippen LogP contribution in [0.4, 0.5) is 0 Å². The molecule has 1 unspecified atom stereocenters. The van der Waals surface area contributed by atoms with E-state index < -0.39 is 0 Å². The Morgan fingerprint density at radius 1 is 1.29 bits per heavy atom. The molecule has 0 aliphatic heterocycles. The first-order valence-corrected chi connectivity index (χ1v) is 6.98. The van der Waals surface area contributed by atoms with Gasteiger partial charge >= 0.3 is 0 Å². The Hall–Kier alpha value is -0.540. The quantitative estimate of drug-likeness (QED) is 0.806. The van der Waals surface area contributed by atoms with Gasteiger partial charge in [-0.15, -0.1) is 0 Å². The summed E-state index contributed by atoms with van der Waals surface area (Å²) in [4.78, 5) is 0. The molecule has 1 atom stereocenters. The Morgan fingerprint density at radius 3 is 2.41 bits per heavy atom. The fourth-order valence-electron chi connectivity index (χ4n) is 1.73.